The molecule has 188 valence electrons. The van der Waals surface area contributed by atoms with Crippen molar-refractivity contribution >= 4 is 40.1 Å². The van der Waals surface area contributed by atoms with E-state index >= 15 is 0 Å². The Labute approximate surface area is 221 Å². The first-order valence-electron chi connectivity index (χ1n) is 11.5. The lowest BCUT2D eigenvalue weighted by Crippen LogP contribution is -2.25. The van der Waals surface area contributed by atoms with Gasteiger partial charge in [-0.1, -0.05) is 41.8 Å². The molecule has 38 heavy (non-hydrogen) atoms. The maximum absolute atomic E-state index is 13.5. The number of anilines is 3. The first kappa shape index (κ1) is 24.7. The van der Waals surface area contributed by atoms with Gasteiger partial charge in [-0.3, -0.25) is 9.36 Å². The largest absolute Gasteiger partial charge is 0.382 e. The highest BCUT2D eigenvalue weighted by atomic mass is 35.5. The van der Waals surface area contributed by atoms with E-state index in [1.807, 2.05) is 30.3 Å². The molecule has 0 saturated heterocycles. The van der Waals surface area contributed by atoms with Gasteiger partial charge in [0.05, 0.1) is 27.8 Å². The standard InChI is InChI=1S/C27H20ClFN8O/c28-20-7-4-8-21-23(20)26(38)37(18-5-2-1-3-6-18)22(34-21)13-14-32-25-19(24(30)35-27(31)36-25)12-11-17-10-9-16(29)15-33-17/h1-10,15H,13-14H2,(H5,30,31,32,35,36). The zero-order valence-electron chi connectivity index (χ0n) is 19.8. The predicted molar refractivity (Wildman–Crippen MR) is 146 cm³/mol. The Morgan fingerprint density at radius 2 is 1.79 bits per heavy atom. The summed E-state index contributed by atoms with van der Waals surface area (Å²) < 4.78 is 14.7. The maximum Gasteiger partial charge on any atom is 0.267 e. The van der Waals surface area contributed by atoms with Crippen LogP contribution in [-0.2, 0) is 6.42 Å². The Balaban J connectivity index is 1.48. The Hall–Kier alpha value is -5.01. The van der Waals surface area contributed by atoms with Crippen LogP contribution in [0.1, 0.15) is 17.1 Å². The van der Waals surface area contributed by atoms with Gasteiger partial charge in [0.25, 0.3) is 5.56 Å². The van der Waals surface area contributed by atoms with E-state index in [1.165, 1.54) is 12.1 Å². The van der Waals surface area contributed by atoms with Crippen LogP contribution in [0.2, 0.25) is 5.02 Å². The van der Waals surface area contributed by atoms with E-state index in [-0.39, 0.29) is 17.3 Å². The van der Waals surface area contributed by atoms with E-state index in [0.717, 1.165) is 6.20 Å². The summed E-state index contributed by atoms with van der Waals surface area (Å²) in [5, 5.41) is 3.85. The van der Waals surface area contributed by atoms with Crippen LogP contribution in [0, 0.1) is 17.7 Å². The molecule has 5 rings (SSSR count). The average molecular weight is 527 g/mol. The SMILES string of the molecule is Nc1nc(N)c(C#Cc2ccc(F)cn2)c(NCCc2nc3cccc(Cl)c3c(=O)n2-c2ccccc2)n1. The molecule has 0 bridgehead atoms. The fourth-order valence-corrected chi connectivity index (χ4v) is 4.11. The van der Waals surface area contributed by atoms with Crippen LogP contribution in [0.5, 0.6) is 0 Å². The monoisotopic (exact) mass is 526 g/mol. The van der Waals surface area contributed by atoms with Crippen LogP contribution in [0.15, 0.2) is 71.7 Å². The second-order valence-corrected chi connectivity index (χ2v) is 8.52. The average Bonchev–Trinajstić information content (AvgIpc) is 2.89. The summed E-state index contributed by atoms with van der Waals surface area (Å²) in [7, 11) is 0. The molecule has 3 aromatic heterocycles. The highest BCUT2D eigenvalue weighted by Crippen LogP contribution is 2.22. The Morgan fingerprint density at radius 3 is 2.55 bits per heavy atom. The molecule has 5 aromatic rings. The van der Waals surface area contributed by atoms with Gasteiger partial charge >= 0.3 is 0 Å². The number of halogens is 2. The number of hydrogen-bond donors (Lipinski definition) is 3. The van der Waals surface area contributed by atoms with E-state index in [4.69, 9.17) is 28.1 Å². The van der Waals surface area contributed by atoms with Gasteiger partial charge in [0, 0.05) is 13.0 Å². The van der Waals surface area contributed by atoms with Crippen LogP contribution in [0.25, 0.3) is 16.6 Å². The zero-order chi connectivity index (χ0) is 26.6. The van der Waals surface area contributed by atoms with E-state index in [2.05, 4.69) is 32.1 Å². The lowest BCUT2D eigenvalue weighted by molar-refractivity contribution is 0.621. The van der Waals surface area contributed by atoms with Crippen LogP contribution in [0.4, 0.5) is 22.0 Å². The van der Waals surface area contributed by atoms with Gasteiger partial charge in [0.1, 0.15) is 34.5 Å². The van der Waals surface area contributed by atoms with Crippen molar-refractivity contribution in [1.82, 2.24) is 24.5 Å². The smallest absolute Gasteiger partial charge is 0.267 e. The Bertz CT molecular complexity index is 1760. The summed E-state index contributed by atoms with van der Waals surface area (Å²) in [4.78, 5) is 30.4. The molecule has 0 aliphatic rings. The topological polar surface area (TPSA) is 138 Å². The molecule has 0 aliphatic heterocycles. The molecule has 0 amide bonds. The van der Waals surface area contributed by atoms with E-state index in [0.29, 0.717) is 57.5 Å². The zero-order valence-corrected chi connectivity index (χ0v) is 20.6. The molecule has 0 radical (unpaired) electrons. The molecule has 2 aromatic carbocycles. The van der Waals surface area contributed by atoms with Gasteiger partial charge in [0.15, 0.2) is 0 Å². The molecule has 0 unspecified atom stereocenters. The minimum Gasteiger partial charge on any atom is -0.382 e. The first-order chi connectivity index (χ1) is 18.4. The minimum absolute atomic E-state index is 0.0323. The summed E-state index contributed by atoms with van der Waals surface area (Å²) in [6, 6.07) is 17.1. The van der Waals surface area contributed by atoms with Crippen LogP contribution >= 0.6 is 11.6 Å². The number of nitrogen functional groups attached to an aromatic ring is 2. The molecule has 5 N–H and O–H groups in total. The van der Waals surface area contributed by atoms with Crippen molar-refractivity contribution < 1.29 is 4.39 Å². The van der Waals surface area contributed by atoms with E-state index < -0.39 is 5.82 Å². The summed E-state index contributed by atoms with van der Waals surface area (Å²) in [5.41, 5.74) is 13.4. The van der Waals surface area contributed by atoms with Crippen molar-refractivity contribution in [3.05, 3.63) is 105 Å². The predicted octanol–water partition coefficient (Wildman–Crippen LogP) is 3.58. The number of rotatable bonds is 5. The molecule has 0 spiro atoms. The number of pyridine rings is 1. The van der Waals surface area contributed by atoms with E-state index in [9.17, 15) is 9.18 Å². The number of nitrogens with zero attached hydrogens (tertiary/aromatic N) is 5. The molecule has 3 heterocycles. The van der Waals surface area contributed by atoms with Crippen molar-refractivity contribution in [2.45, 2.75) is 6.42 Å². The van der Waals surface area contributed by atoms with Gasteiger partial charge < -0.3 is 16.8 Å². The molecule has 0 saturated carbocycles. The second-order valence-electron chi connectivity index (χ2n) is 8.12. The number of nitrogens with one attached hydrogen (secondary N) is 1. The minimum atomic E-state index is -0.466. The third-order valence-corrected chi connectivity index (χ3v) is 5.88. The van der Waals surface area contributed by atoms with Crippen molar-refractivity contribution in [3.63, 3.8) is 0 Å². The van der Waals surface area contributed by atoms with Crippen molar-refractivity contribution in [2.24, 2.45) is 0 Å². The molecular formula is C27H20ClFN8O. The van der Waals surface area contributed by atoms with Gasteiger partial charge in [0.2, 0.25) is 5.95 Å². The normalized spacial score (nSPS) is 10.7. The third kappa shape index (κ3) is 5.09. The van der Waals surface area contributed by atoms with Crippen LogP contribution in [-0.4, -0.2) is 31.0 Å². The number of benzene rings is 2. The second kappa shape index (κ2) is 10.5. The lowest BCUT2D eigenvalue weighted by atomic mass is 10.2. The van der Waals surface area contributed by atoms with Crippen molar-refractivity contribution in [3.8, 4) is 17.5 Å². The van der Waals surface area contributed by atoms with Gasteiger partial charge in [-0.2, -0.15) is 9.97 Å². The Morgan fingerprint density at radius 1 is 0.974 bits per heavy atom. The highest BCUT2D eigenvalue weighted by molar-refractivity contribution is 6.35. The van der Waals surface area contributed by atoms with Crippen molar-refractivity contribution in [1.29, 1.82) is 0 Å². The fourth-order valence-electron chi connectivity index (χ4n) is 3.86. The summed E-state index contributed by atoms with van der Waals surface area (Å²) in [5.74, 6) is 6.11. The summed E-state index contributed by atoms with van der Waals surface area (Å²) in [6.07, 6.45) is 1.41. The van der Waals surface area contributed by atoms with Crippen molar-refractivity contribution in [2.75, 3.05) is 23.3 Å². The fraction of sp³-hybridized carbons (Fsp3) is 0.0741. The van der Waals surface area contributed by atoms with Gasteiger partial charge in [-0.05, 0) is 42.3 Å². The Kier molecular flexibility index (Phi) is 6.84. The summed E-state index contributed by atoms with van der Waals surface area (Å²) >= 11 is 6.35. The number of nitrogens with two attached hydrogens (primary N) is 2. The summed E-state index contributed by atoms with van der Waals surface area (Å²) in [6.45, 7) is 0.310. The van der Waals surface area contributed by atoms with Crippen LogP contribution in [0.3, 0.4) is 0 Å². The highest BCUT2D eigenvalue weighted by Gasteiger charge is 2.16. The number of para-hydroxylation sites is 1. The number of aromatic nitrogens is 5. The number of fused-ring (bicyclic) bond motifs is 1. The molecule has 0 atom stereocenters. The maximum atomic E-state index is 13.5. The van der Waals surface area contributed by atoms with Gasteiger partial charge in [-0.25, -0.2) is 14.4 Å². The number of hydrogen-bond acceptors (Lipinski definition) is 8. The molecule has 0 fully saturated rings. The lowest BCUT2D eigenvalue weighted by Gasteiger charge is -2.15. The third-order valence-electron chi connectivity index (χ3n) is 5.57. The molecular weight excluding hydrogens is 507 g/mol. The molecule has 9 nitrogen and oxygen atoms in total. The van der Waals surface area contributed by atoms with E-state index in [1.54, 1.807) is 22.8 Å². The molecule has 0 aliphatic carbocycles. The first-order valence-corrected chi connectivity index (χ1v) is 11.8. The molecule has 11 heteroatoms. The van der Waals surface area contributed by atoms with Crippen LogP contribution < -0.4 is 22.3 Å². The van der Waals surface area contributed by atoms with Gasteiger partial charge in [-0.15, -0.1) is 0 Å². The quantitative estimate of drug-likeness (QED) is 0.295.